The van der Waals surface area contributed by atoms with Crippen molar-refractivity contribution in [3.05, 3.63) is 23.8 Å². The van der Waals surface area contributed by atoms with E-state index >= 15 is 0 Å². The van der Waals surface area contributed by atoms with Gasteiger partial charge < -0.3 is 19.3 Å². The second-order valence-electron chi connectivity index (χ2n) is 4.96. The van der Waals surface area contributed by atoms with Crippen molar-refractivity contribution in [3.8, 4) is 11.5 Å². The number of aliphatic hydroxyl groups is 1. The molecule has 0 spiro atoms. The van der Waals surface area contributed by atoms with Crippen LogP contribution in [-0.2, 0) is 4.74 Å². The molecule has 20 heavy (non-hydrogen) atoms. The van der Waals surface area contributed by atoms with Gasteiger partial charge in [0.1, 0.15) is 6.10 Å². The summed E-state index contributed by atoms with van der Waals surface area (Å²) in [5.74, 6) is 1.57. The molecule has 4 nitrogen and oxygen atoms in total. The Hall–Kier alpha value is -1.26. The maximum absolute atomic E-state index is 10.4. The van der Waals surface area contributed by atoms with Gasteiger partial charge in [-0.05, 0) is 37.5 Å². The molecule has 0 radical (unpaired) electrons. The molecule has 1 aromatic carbocycles. The number of hydrogen-bond acceptors (Lipinski definition) is 4. The zero-order valence-electron chi connectivity index (χ0n) is 13.1. The molecule has 1 aromatic rings. The maximum Gasteiger partial charge on any atom is 0.161 e. The van der Waals surface area contributed by atoms with Crippen LogP contribution in [0.3, 0.4) is 0 Å². The van der Waals surface area contributed by atoms with E-state index in [-0.39, 0.29) is 12.0 Å². The van der Waals surface area contributed by atoms with Crippen LogP contribution in [0.15, 0.2) is 18.2 Å². The minimum Gasteiger partial charge on any atom is -0.490 e. The summed E-state index contributed by atoms with van der Waals surface area (Å²) in [6.45, 7) is 9.03. The molecule has 1 N–H and O–H groups in total. The molecule has 2 atom stereocenters. The Labute approximate surface area is 121 Å². The van der Waals surface area contributed by atoms with Crippen LogP contribution < -0.4 is 9.47 Å². The van der Waals surface area contributed by atoms with Crippen molar-refractivity contribution in [2.75, 3.05) is 20.3 Å². The van der Waals surface area contributed by atoms with Gasteiger partial charge in [-0.15, -0.1) is 0 Å². The second kappa shape index (κ2) is 8.12. The van der Waals surface area contributed by atoms with Gasteiger partial charge in [-0.3, -0.25) is 0 Å². The van der Waals surface area contributed by atoms with Crippen molar-refractivity contribution in [3.63, 3.8) is 0 Å². The molecule has 114 valence electrons. The summed E-state index contributed by atoms with van der Waals surface area (Å²) in [7, 11) is 1.62. The first kappa shape index (κ1) is 16.8. The highest BCUT2D eigenvalue weighted by Crippen LogP contribution is 2.33. The summed E-state index contributed by atoms with van der Waals surface area (Å²) in [5, 5.41) is 10.4. The number of rotatable bonds is 8. The van der Waals surface area contributed by atoms with E-state index in [1.807, 2.05) is 45.9 Å². The van der Waals surface area contributed by atoms with E-state index in [0.717, 1.165) is 5.56 Å². The molecular formula is C16H26O4. The first-order chi connectivity index (χ1) is 9.54. The lowest BCUT2D eigenvalue weighted by atomic mass is 9.95. The molecule has 0 fully saturated rings. The largest absolute Gasteiger partial charge is 0.490 e. The number of hydrogen-bond donors (Lipinski definition) is 1. The van der Waals surface area contributed by atoms with E-state index in [0.29, 0.717) is 24.7 Å². The first-order valence-electron chi connectivity index (χ1n) is 7.15. The highest BCUT2D eigenvalue weighted by molar-refractivity contribution is 5.43. The highest BCUT2D eigenvalue weighted by atomic mass is 16.5. The van der Waals surface area contributed by atoms with Crippen LogP contribution in [0.5, 0.6) is 11.5 Å². The van der Waals surface area contributed by atoms with Gasteiger partial charge in [0, 0.05) is 7.11 Å². The van der Waals surface area contributed by atoms with Gasteiger partial charge in [-0.2, -0.15) is 0 Å². The second-order valence-corrected chi connectivity index (χ2v) is 4.96. The van der Waals surface area contributed by atoms with E-state index in [1.54, 1.807) is 7.11 Å². The van der Waals surface area contributed by atoms with Crippen molar-refractivity contribution in [2.45, 2.75) is 39.9 Å². The normalized spacial score (nSPS) is 14.2. The van der Waals surface area contributed by atoms with Crippen molar-refractivity contribution < 1.29 is 19.3 Å². The quantitative estimate of drug-likeness (QED) is 0.795. The van der Waals surface area contributed by atoms with Crippen LogP contribution in [0.1, 0.15) is 39.4 Å². The lowest BCUT2D eigenvalue weighted by molar-refractivity contribution is -0.0391. The van der Waals surface area contributed by atoms with Crippen LogP contribution in [-0.4, -0.2) is 31.5 Å². The van der Waals surface area contributed by atoms with Crippen LogP contribution in [0.4, 0.5) is 0 Å². The molecule has 0 saturated heterocycles. The molecule has 0 aliphatic rings. The smallest absolute Gasteiger partial charge is 0.161 e. The van der Waals surface area contributed by atoms with Crippen molar-refractivity contribution in [1.29, 1.82) is 0 Å². The number of aliphatic hydroxyl groups excluding tert-OH is 1. The third-order valence-corrected chi connectivity index (χ3v) is 3.15. The highest BCUT2D eigenvalue weighted by Gasteiger charge is 2.24. The minimum absolute atomic E-state index is 0.220. The monoisotopic (exact) mass is 282 g/mol. The van der Waals surface area contributed by atoms with Gasteiger partial charge in [-0.25, -0.2) is 0 Å². The average molecular weight is 282 g/mol. The first-order valence-corrected chi connectivity index (χ1v) is 7.15. The summed E-state index contributed by atoms with van der Waals surface area (Å²) in [4.78, 5) is 0. The zero-order chi connectivity index (χ0) is 15.1. The van der Waals surface area contributed by atoms with Crippen molar-refractivity contribution in [2.24, 2.45) is 5.92 Å². The fourth-order valence-corrected chi connectivity index (χ4v) is 2.21. The van der Waals surface area contributed by atoms with Crippen molar-refractivity contribution in [1.82, 2.24) is 0 Å². The summed E-state index contributed by atoms with van der Waals surface area (Å²) >= 11 is 0. The molecule has 0 aliphatic heterocycles. The van der Waals surface area contributed by atoms with Crippen LogP contribution in [0, 0.1) is 5.92 Å². The lowest BCUT2D eigenvalue weighted by Gasteiger charge is -2.25. The summed E-state index contributed by atoms with van der Waals surface area (Å²) in [6.07, 6.45) is -0.933. The van der Waals surface area contributed by atoms with Crippen LogP contribution in [0.2, 0.25) is 0 Å². The molecule has 4 heteroatoms. The topological polar surface area (TPSA) is 47.9 Å². The Morgan fingerprint density at radius 3 is 2.15 bits per heavy atom. The number of ether oxygens (including phenoxy) is 3. The Balaban J connectivity index is 3.03. The van der Waals surface area contributed by atoms with Crippen LogP contribution in [0.25, 0.3) is 0 Å². The third-order valence-electron chi connectivity index (χ3n) is 3.15. The van der Waals surface area contributed by atoms with E-state index in [9.17, 15) is 5.11 Å². The average Bonchev–Trinajstić information content (AvgIpc) is 2.41. The zero-order valence-corrected chi connectivity index (χ0v) is 13.1. The van der Waals surface area contributed by atoms with E-state index < -0.39 is 6.10 Å². The fraction of sp³-hybridized carbons (Fsp3) is 0.625. The van der Waals surface area contributed by atoms with Gasteiger partial charge in [0.15, 0.2) is 11.5 Å². The molecule has 2 unspecified atom stereocenters. The maximum atomic E-state index is 10.4. The number of methoxy groups -OCH3 is 1. The molecule has 0 heterocycles. The molecule has 0 saturated carbocycles. The SMILES string of the molecule is CCOc1ccc(C(O)C(OC)C(C)C)cc1OCC. The molecule has 0 aromatic heterocycles. The van der Waals surface area contributed by atoms with Gasteiger partial charge in [0.05, 0.1) is 19.3 Å². The molecule has 1 rings (SSSR count). The summed E-state index contributed by atoms with van der Waals surface area (Å²) in [6, 6.07) is 5.51. The number of benzene rings is 1. The predicted octanol–water partition coefficient (Wildman–Crippen LogP) is 3.19. The van der Waals surface area contributed by atoms with Crippen molar-refractivity contribution >= 4 is 0 Å². The van der Waals surface area contributed by atoms with Gasteiger partial charge in [0.2, 0.25) is 0 Å². The minimum atomic E-state index is -0.685. The Morgan fingerprint density at radius 1 is 1.05 bits per heavy atom. The third kappa shape index (κ3) is 4.12. The van der Waals surface area contributed by atoms with Gasteiger partial charge in [0.25, 0.3) is 0 Å². The Morgan fingerprint density at radius 2 is 1.65 bits per heavy atom. The predicted molar refractivity (Wildman–Crippen MR) is 79.4 cm³/mol. The van der Waals surface area contributed by atoms with E-state index in [2.05, 4.69) is 0 Å². The molecule has 0 aliphatic carbocycles. The Kier molecular flexibility index (Phi) is 6.82. The molecule has 0 amide bonds. The van der Waals surface area contributed by atoms with Gasteiger partial charge >= 0.3 is 0 Å². The van der Waals surface area contributed by atoms with Gasteiger partial charge in [-0.1, -0.05) is 19.9 Å². The molecule has 0 bridgehead atoms. The van der Waals surface area contributed by atoms with E-state index in [4.69, 9.17) is 14.2 Å². The lowest BCUT2D eigenvalue weighted by Crippen LogP contribution is -2.26. The standard InChI is InChI=1S/C16H26O4/c1-6-19-13-9-8-12(10-14(13)20-7-2)15(17)16(18-5)11(3)4/h8-11,15-17H,6-7H2,1-5H3. The Bertz CT molecular complexity index is 403. The van der Waals surface area contributed by atoms with E-state index in [1.165, 1.54) is 0 Å². The van der Waals surface area contributed by atoms with Crippen LogP contribution >= 0.6 is 0 Å². The molecular weight excluding hydrogens is 256 g/mol. The summed E-state index contributed by atoms with van der Waals surface area (Å²) < 4.78 is 16.5. The fourth-order valence-electron chi connectivity index (χ4n) is 2.21. The summed E-state index contributed by atoms with van der Waals surface area (Å²) in [5.41, 5.74) is 0.775.